The molecule has 0 radical (unpaired) electrons. The van der Waals surface area contributed by atoms with Gasteiger partial charge in [-0.15, -0.1) is 0 Å². The molecule has 2 rings (SSSR count). The molecule has 1 aliphatic carbocycles. The molecule has 1 aliphatic heterocycles. The molecule has 1 unspecified atom stereocenters. The van der Waals surface area contributed by atoms with Crippen LogP contribution in [0, 0.1) is 5.41 Å². The first-order valence-corrected chi connectivity index (χ1v) is 6.85. The van der Waals surface area contributed by atoms with E-state index >= 15 is 0 Å². The van der Waals surface area contributed by atoms with Crippen molar-refractivity contribution < 1.29 is 14.7 Å². The summed E-state index contributed by atoms with van der Waals surface area (Å²) >= 11 is 0. The van der Waals surface area contributed by atoms with Gasteiger partial charge in [-0.3, -0.25) is 4.79 Å². The van der Waals surface area contributed by atoms with Gasteiger partial charge < -0.3 is 15.7 Å². The van der Waals surface area contributed by atoms with Crippen LogP contribution in [0.1, 0.15) is 44.9 Å². The van der Waals surface area contributed by atoms with E-state index in [1.165, 1.54) is 0 Å². The van der Waals surface area contributed by atoms with Crippen molar-refractivity contribution >= 4 is 11.9 Å². The van der Waals surface area contributed by atoms with Crippen LogP contribution in [0.2, 0.25) is 0 Å². The van der Waals surface area contributed by atoms with Crippen molar-refractivity contribution in [1.82, 2.24) is 4.90 Å². The third-order valence-electron chi connectivity index (χ3n) is 4.45. The summed E-state index contributed by atoms with van der Waals surface area (Å²) in [6, 6.07) is -0.636. The fourth-order valence-corrected chi connectivity index (χ4v) is 3.31. The first-order valence-electron chi connectivity index (χ1n) is 6.85. The van der Waals surface area contributed by atoms with Crippen molar-refractivity contribution in [2.45, 2.75) is 51.0 Å². The van der Waals surface area contributed by atoms with Gasteiger partial charge in [0, 0.05) is 13.1 Å². The van der Waals surface area contributed by atoms with Crippen LogP contribution in [-0.4, -0.2) is 41.0 Å². The first kappa shape index (κ1) is 13.3. The molecule has 1 heterocycles. The monoisotopic (exact) mass is 254 g/mol. The van der Waals surface area contributed by atoms with Crippen LogP contribution in [-0.2, 0) is 9.59 Å². The molecule has 0 spiro atoms. The molecule has 2 fully saturated rings. The summed E-state index contributed by atoms with van der Waals surface area (Å²) < 4.78 is 0. The van der Waals surface area contributed by atoms with Gasteiger partial charge in [0.2, 0.25) is 5.91 Å². The zero-order chi connectivity index (χ0) is 13.2. The second kappa shape index (κ2) is 5.26. The van der Waals surface area contributed by atoms with Crippen LogP contribution in [0.3, 0.4) is 0 Å². The topological polar surface area (TPSA) is 83.6 Å². The maximum Gasteiger partial charge on any atom is 0.326 e. The van der Waals surface area contributed by atoms with Gasteiger partial charge in [0.25, 0.3) is 0 Å². The number of carboxylic acid groups (broad SMARTS) is 1. The molecule has 5 nitrogen and oxygen atoms in total. The Bertz CT molecular complexity index is 337. The standard InChI is InChI=1S/C13H22N2O3/c14-9-13(6-2-1-3-7-13)12(18)15-8-4-5-10(15)11(16)17/h10H,1-9,14H2,(H,16,17). The molecule has 1 amide bonds. The minimum absolute atomic E-state index is 0.0189. The normalized spacial score (nSPS) is 27.2. The molecule has 1 atom stereocenters. The van der Waals surface area contributed by atoms with E-state index in [0.717, 1.165) is 38.5 Å². The highest BCUT2D eigenvalue weighted by molar-refractivity contribution is 5.88. The Balaban J connectivity index is 2.15. The number of aliphatic carboxylic acids is 1. The van der Waals surface area contributed by atoms with Gasteiger partial charge in [-0.05, 0) is 25.7 Å². The summed E-state index contributed by atoms with van der Waals surface area (Å²) in [5.41, 5.74) is 5.34. The molecule has 102 valence electrons. The number of carboxylic acids is 1. The smallest absolute Gasteiger partial charge is 0.326 e. The highest BCUT2D eigenvalue weighted by Gasteiger charge is 2.45. The Morgan fingerprint density at radius 2 is 1.89 bits per heavy atom. The quantitative estimate of drug-likeness (QED) is 0.786. The van der Waals surface area contributed by atoms with Crippen molar-refractivity contribution in [1.29, 1.82) is 0 Å². The van der Waals surface area contributed by atoms with Crippen LogP contribution in [0.25, 0.3) is 0 Å². The Kier molecular flexibility index (Phi) is 3.90. The predicted molar refractivity (Wildman–Crippen MR) is 66.9 cm³/mol. The largest absolute Gasteiger partial charge is 0.480 e. The fraction of sp³-hybridized carbons (Fsp3) is 0.846. The third-order valence-corrected chi connectivity index (χ3v) is 4.45. The van der Waals surface area contributed by atoms with Gasteiger partial charge in [-0.1, -0.05) is 19.3 Å². The van der Waals surface area contributed by atoms with Crippen molar-refractivity contribution in [2.24, 2.45) is 11.1 Å². The molecule has 1 saturated heterocycles. The molecule has 18 heavy (non-hydrogen) atoms. The van der Waals surface area contributed by atoms with Gasteiger partial charge in [0.15, 0.2) is 0 Å². The summed E-state index contributed by atoms with van der Waals surface area (Å²) in [6.45, 7) is 0.909. The molecule has 0 aromatic rings. The van der Waals surface area contributed by atoms with E-state index in [2.05, 4.69) is 0 Å². The van der Waals surface area contributed by atoms with Crippen molar-refractivity contribution in [2.75, 3.05) is 13.1 Å². The Labute approximate surface area is 107 Å². The average Bonchev–Trinajstić information content (AvgIpc) is 2.88. The second-order valence-electron chi connectivity index (χ2n) is 5.54. The molecule has 3 N–H and O–H groups in total. The maximum absolute atomic E-state index is 12.7. The number of likely N-dealkylation sites (tertiary alicyclic amines) is 1. The highest BCUT2D eigenvalue weighted by Crippen LogP contribution is 2.38. The Morgan fingerprint density at radius 3 is 2.44 bits per heavy atom. The van der Waals surface area contributed by atoms with Crippen molar-refractivity contribution in [3.63, 3.8) is 0 Å². The lowest BCUT2D eigenvalue weighted by atomic mass is 9.73. The van der Waals surface area contributed by atoms with Gasteiger partial charge in [-0.25, -0.2) is 4.79 Å². The summed E-state index contributed by atoms with van der Waals surface area (Å²) in [5, 5.41) is 9.16. The molecule has 0 aromatic heterocycles. The summed E-state index contributed by atoms with van der Waals surface area (Å²) in [5.74, 6) is -0.904. The van der Waals surface area contributed by atoms with E-state index in [9.17, 15) is 9.59 Å². The lowest BCUT2D eigenvalue weighted by molar-refractivity contribution is -0.154. The van der Waals surface area contributed by atoms with Crippen molar-refractivity contribution in [3.8, 4) is 0 Å². The summed E-state index contributed by atoms with van der Waals surface area (Å²) in [6.07, 6.45) is 6.17. The Morgan fingerprint density at radius 1 is 1.22 bits per heavy atom. The minimum atomic E-state index is -0.885. The number of hydrogen-bond donors (Lipinski definition) is 2. The molecule has 0 bridgehead atoms. The summed E-state index contributed by atoms with van der Waals surface area (Å²) in [4.78, 5) is 25.4. The summed E-state index contributed by atoms with van der Waals surface area (Å²) in [7, 11) is 0. The third kappa shape index (κ3) is 2.23. The second-order valence-corrected chi connectivity index (χ2v) is 5.54. The van der Waals surface area contributed by atoms with E-state index in [1.54, 1.807) is 4.90 Å². The number of nitrogens with two attached hydrogens (primary N) is 1. The predicted octanol–water partition coefficient (Wildman–Crippen LogP) is 0.971. The van der Waals surface area contributed by atoms with Crippen LogP contribution in [0.15, 0.2) is 0 Å². The maximum atomic E-state index is 12.7. The molecule has 2 aliphatic rings. The van der Waals surface area contributed by atoms with E-state index in [1.807, 2.05) is 0 Å². The first-order chi connectivity index (χ1) is 8.60. The van der Waals surface area contributed by atoms with Crippen molar-refractivity contribution in [3.05, 3.63) is 0 Å². The van der Waals surface area contributed by atoms with Gasteiger partial charge in [-0.2, -0.15) is 0 Å². The van der Waals surface area contributed by atoms with Gasteiger partial charge >= 0.3 is 5.97 Å². The van der Waals surface area contributed by atoms with Crippen LogP contribution in [0.5, 0.6) is 0 Å². The fourth-order valence-electron chi connectivity index (χ4n) is 3.31. The van der Waals surface area contributed by atoms with Gasteiger partial charge in [0.1, 0.15) is 6.04 Å². The highest BCUT2D eigenvalue weighted by atomic mass is 16.4. The number of nitrogens with zero attached hydrogens (tertiary/aromatic N) is 1. The van der Waals surface area contributed by atoms with E-state index in [4.69, 9.17) is 10.8 Å². The van der Waals surface area contributed by atoms with Gasteiger partial charge in [0.05, 0.1) is 5.41 Å². The van der Waals surface area contributed by atoms with E-state index in [0.29, 0.717) is 19.5 Å². The SMILES string of the molecule is NCC1(C(=O)N2CCCC2C(=O)O)CCCCC1. The lowest BCUT2D eigenvalue weighted by Gasteiger charge is -2.39. The molecular weight excluding hydrogens is 232 g/mol. The minimum Gasteiger partial charge on any atom is -0.480 e. The Hall–Kier alpha value is -1.10. The van der Waals surface area contributed by atoms with Crippen LogP contribution < -0.4 is 5.73 Å². The molecule has 5 heteroatoms. The lowest BCUT2D eigenvalue weighted by Crippen LogP contribution is -2.52. The van der Waals surface area contributed by atoms with Crippen LogP contribution >= 0.6 is 0 Å². The zero-order valence-electron chi connectivity index (χ0n) is 10.7. The number of amides is 1. The molecule has 0 aromatic carbocycles. The van der Waals surface area contributed by atoms with Crippen LogP contribution in [0.4, 0.5) is 0 Å². The number of carbonyl (C=O) groups is 2. The average molecular weight is 254 g/mol. The van der Waals surface area contributed by atoms with E-state index < -0.39 is 17.4 Å². The van der Waals surface area contributed by atoms with E-state index in [-0.39, 0.29) is 5.91 Å². The number of rotatable bonds is 3. The molecule has 1 saturated carbocycles. The molecular formula is C13H22N2O3. The zero-order valence-corrected chi connectivity index (χ0v) is 10.7. The number of hydrogen-bond acceptors (Lipinski definition) is 3. The number of carbonyl (C=O) groups excluding carboxylic acids is 1.